The molecule has 4 rings (SSSR count). The molecule has 166 valence electrons. The standard InChI is InChI=1S/C23H27FN2O4S/c24-19-8-6-17(7-9-19)23(28)18-10-14-25(15-11-18)12-3-13-26-16-21(27)20-4-1-2-5-22(20)31(26,29)30/h1-2,4-9,18,21,27H,3,10-16H2. The van der Waals surface area contributed by atoms with Gasteiger partial charge in [-0.3, -0.25) is 4.79 Å². The van der Waals surface area contributed by atoms with Crippen molar-refractivity contribution in [2.24, 2.45) is 5.92 Å². The summed E-state index contributed by atoms with van der Waals surface area (Å²) in [7, 11) is -3.59. The van der Waals surface area contributed by atoms with Crippen LogP contribution in [0.15, 0.2) is 53.4 Å². The summed E-state index contributed by atoms with van der Waals surface area (Å²) in [6.07, 6.45) is 1.33. The van der Waals surface area contributed by atoms with Gasteiger partial charge in [0.1, 0.15) is 5.82 Å². The first-order chi connectivity index (χ1) is 14.9. The van der Waals surface area contributed by atoms with Gasteiger partial charge in [0.05, 0.1) is 11.0 Å². The van der Waals surface area contributed by atoms with Crippen LogP contribution in [0.4, 0.5) is 4.39 Å². The highest BCUT2D eigenvalue weighted by atomic mass is 32.2. The number of benzene rings is 2. The molecule has 1 saturated heterocycles. The molecule has 2 aromatic carbocycles. The maximum Gasteiger partial charge on any atom is 0.243 e. The molecule has 0 aromatic heterocycles. The maximum atomic E-state index is 13.1. The van der Waals surface area contributed by atoms with Gasteiger partial charge in [-0.1, -0.05) is 18.2 Å². The fourth-order valence-electron chi connectivity index (χ4n) is 4.47. The van der Waals surface area contributed by atoms with Crippen molar-refractivity contribution in [1.29, 1.82) is 0 Å². The third-order valence-electron chi connectivity index (χ3n) is 6.24. The summed E-state index contributed by atoms with van der Waals surface area (Å²) < 4.78 is 40.1. The van der Waals surface area contributed by atoms with Gasteiger partial charge in [0, 0.05) is 30.1 Å². The summed E-state index contributed by atoms with van der Waals surface area (Å²) >= 11 is 0. The number of halogens is 1. The zero-order valence-corrected chi connectivity index (χ0v) is 18.1. The third kappa shape index (κ3) is 4.72. The highest BCUT2D eigenvalue weighted by molar-refractivity contribution is 7.89. The lowest BCUT2D eigenvalue weighted by molar-refractivity contribution is 0.0836. The minimum Gasteiger partial charge on any atom is -0.387 e. The molecule has 8 heteroatoms. The molecule has 2 aliphatic heterocycles. The van der Waals surface area contributed by atoms with Crippen LogP contribution in [0.1, 0.15) is 41.3 Å². The van der Waals surface area contributed by atoms with E-state index in [0.29, 0.717) is 24.1 Å². The lowest BCUT2D eigenvalue weighted by Crippen LogP contribution is -2.42. The number of ketones is 1. The number of rotatable bonds is 6. The summed E-state index contributed by atoms with van der Waals surface area (Å²) in [4.78, 5) is 15.0. The maximum absolute atomic E-state index is 13.1. The van der Waals surface area contributed by atoms with Crippen LogP contribution >= 0.6 is 0 Å². The molecule has 0 saturated carbocycles. The van der Waals surface area contributed by atoms with E-state index in [9.17, 15) is 22.7 Å². The Bertz CT molecular complexity index is 1030. The summed E-state index contributed by atoms with van der Waals surface area (Å²) in [5.74, 6) is -0.347. The molecule has 1 fully saturated rings. The second-order valence-electron chi connectivity index (χ2n) is 8.26. The van der Waals surface area contributed by atoms with Crippen LogP contribution in [0, 0.1) is 11.7 Å². The van der Waals surface area contributed by atoms with Crippen molar-refractivity contribution in [3.63, 3.8) is 0 Å². The van der Waals surface area contributed by atoms with Crippen molar-refractivity contribution in [3.8, 4) is 0 Å². The van der Waals surface area contributed by atoms with E-state index in [1.807, 2.05) is 0 Å². The molecule has 0 spiro atoms. The lowest BCUT2D eigenvalue weighted by Gasteiger charge is -2.33. The number of fused-ring (bicyclic) bond motifs is 1. The highest BCUT2D eigenvalue weighted by Crippen LogP contribution is 2.32. The summed E-state index contributed by atoms with van der Waals surface area (Å²) in [6, 6.07) is 12.3. The molecule has 0 amide bonds. The Kier molecular flexibility index (Phi) is 6.52. The second kappa shape index (κ2) is 9.16. The Labute approximate surface area is 182 Å². The van der Waals surface area contributed by atoms with Crippen LogP contribution in [0.2, 0.25) is 0 Å². The van der Waals surface area contributed by atoms with Crippen LogP contribution in [0.3, 0.4) is 0 Å². The van der Waals surface area contributed by atoms with Crippen molar-refractivity contribution >= 4 is 15.8 Å². The predicted octanol–water partition coefficient (Wildman–Crippen LogP) is 2.85. The number of hydrogen-bond acceptors (Lipinski definition) is 5. The average Bonchev–Trinajstić information content (AvgIpc) is 2.78. The van der Waals surface area contributed by atoms with E-state index in [-0.39, 0.29) is 29.0 Å². The number of hydrogen-bond donors (Lipinski definition) is 1. The number of aliphatic hydroxyl groups excluding tert-OH is 1. The summed E-state index contributed by atoms with van der Waals surface area (Å²) in [5, 5.41) is 10.3. The summed E-state index contributed by atoms with van der Waals surface area (Å²) in [6.45, 7) is 2.71. The first kappa shape index (κ1) is 22.1. The predicted molar refractivity (Wildman–Crippen MR) is 115 cm³/mol. The molecule has 0 radical (unpaired) electrons. The zero-order chi connectivity index (χ0) is 22.0. The number of β-amino-alcohol motifs (C(OH)–C–C–N with tert-alkyl or cyclic N) is 1. The molecular formula is C23H27FN2O4S. The number of sulfonamides is 1. The Morgan fingerprint density at radius 1 is 1.03 bits per heavy atom. The summed E-state index contributed by atoms with van der Waals surface area (Å²) in [5.41, 5.74) is 1.01. The molecule has 2 aromatic rings. The van der Waals surface area contributed by atoms with Crippen molar-refractivity contribution in [2.75, 3.05) is 32.7 Å². The quantitative estimate of drug-likeness (QED) is 0.691. The van der Waals surface area contributed by atoms with Crippen LogP contribution in [0.5, 0.6) is 0 Å². The van der Waals surface area contributed by atoms with Crippen molar-refractivity contribution in [3.05, 3.63) is 65.5 Å². The van der Waals surface area contributed by atoms with Crippen molar-refractivity contribution in [2.45, 2.75) is 30.3 Å². The van der Waals surface area contributed by atoms with Gasteiger partial charge < -0.3 is 10.0 Å². The van der Waals surface area contributed by atoms with Crippen LogP contribution in [-0.2, 0) is 10.0 Å². The minimum atomic E-state index is -3.59. The van der Waals surface area contributed by atoms with Crippen LogP contribution in [0.25, 0.3) is 0 Å². The van der Waals surface area contributed by atoms with Gasteiger partial charge in [0.15, 0.2) is 5.78 Å². The molecule has 2 heterocycles. The third-order valence-corrected chi connectivity index (χ3v) is 8.18. The van der Waals surface area contributed by atoms with E-state index in [4.69, 9.17) is 0 Å². The van der Waals surface area contributed by atoms with Gasteiger partial charge >= 0.3 is 0 Å². The monoisotopic (exact) mass is 446 g/mol. The molecule has 2 aliphatic rings. The lowest BCUT2D eigenvalue weighted by atomic mass is 9.89. The average molecular weight is 447 g/mol. The molecule has 1 unspecified atom stereocenters. The van der Waals surface area contributed by atoms with Crippen LogP contribution < -0.4 is 0 Å². The number of carbonyl (C=O) groups is 1. The number of piperidine rings is 1. The molecule has 1 atom stereocenters. The Balaban J connectivity index is 1.27. The molecule has 1 N–H and O–H groups in total. The number of nitrogens with zero attached hydrogens (tertiary/aromatic N) is 2. The van der Waals surface area contributed by atoms with E-state index >= 15 is 0 Å². The Morgan fingerprint density at radius 3 is 2.42 bits per heavy atom. The van der Waals surface area contributed by atoms with Gasteiger partial charge in [-0.15, -0.1) is 0 Å². The highest BCUT2D eigenvalue weighted by Gasteiger charge is 2.35. The van der Waals surface area contributed by atoms with E-state index in [1.165, 1.54) is 28.6 Å². The molecular weight excluding hydrogens is 419 g/mol. The SMILES string of the molecule is O=C(c1ccc(F)cc1)C1CCN(CCCN2CC(O)c3ccccc3S2(=O)=O)CC1. The topological polar surface area (TPSA) is 77.9 Å². The molecule has 6 nitrogen and oxygen atoms in total. The van der Waals surface area contributed by atoms with Gasteiger partial charge in [0.2, 0.25) is 10.0 Å². The van der Waals surface area contributed by atoms with E-state index in [2.05, 4.69) is 4.90 Å². The number of Topliss-reactive ketones (excluding diaryl/α,β-unsaturated/α-hetero) is 1. The van der Waals surface area contributed by atoms with E-state index < -0.39 is 16.1 Å². The van der Waals surface area contributed by atoms with Gasteiger partial charge in [0.25, 0.3) is 0 Å². The van der Waals surface area contributed by atoms with Gasteiger partial charge in [-0.05, 0) is 69.2 Å². The zero-order valence-electron chi connectivity index (χ0n) is 17.3. The fraction of sp³-hybridized carbons (Fsp3) is 0.435. The van der Waals surface area contributed by atoms with E-state index in [0.717, 1.165) is 32.5 Å². The first-order valence-electron chi connectivity index (χ1n) is 10.7. The molecule has 31 heavy (non-hydrogen) atoms. The molecule has 0 aliphatic carbocycles. The first-order valence-corrected chi connectivity index (χ1v) is 12.1. The smallest absolute Gasteiger partial charge is 0.243 e. The van der Waals surface area contributed by atoms with Crippen molar-refractivity contribution < 1.29 is 22.7 Å². The van der Waals surface area contributed by atoms with Gasteiger partial charge in [-0.25, -0.2) is 12.8 Å². The van der Waals surface area contributed by atoms with E-state index in [1.54, 1.807) is 24.3 Å². The fourth-order valence-corrected chi connectivity index (χ4v) is 6.21. The largest absolute Gasteiger partial charge is 0.387 e. The minimum absolute atomic E-state index is 0.0594. The van der Waals surface area contributed by atoms with Crippen molar-refractivity contribution in [1.82, 2.24) is 9.21 Å². The Hall–Kier alpha value is -2.13. The molecule has 0 bridgehead atoms. The second-order valence-corrected chi connectivity index (χ2v) is 10.2. The number of likely N-dealkylation sites (tertiary alicyclic amines) is 1. The van der Waals surface area contributed by atoms with Gasteiger partial charge in [-0.2, -0.15) is 4.31 Å². The van der Waals surface area contributed by atoms with Crippen LogP contribution in [-0.4, -0.2) is 61.2 Å². The Morgan fingerprint density at radius 2 is 1.71 bits per heavy atom. The number of aliphatic hydroxyl groups is 1. The normalized spacial score (nSPS) is 22.2. The number of carbonyl (C=O) groups excluding carboxylic acids is 1.